The number of methoxy groups -OCH3 is 2. The lowest BCUT2D eigenvalue weighted by molar-refractivity contribution is 0.0429. The first-order valence-corrected chi connectivity index (χ1v) is 9.52. The summed E-state index contributed by atoms with van der Waals surface area (Å²) in [5, 5.41) is 10.7. The zero-order chi connectivity index (χ0) is 21.1. The highest BCUT2D eigenvalue weighted by Crippen LogP contribution is 2.37. The van der Waals surface area contributed by atoms with Crippen LogP contribution in [-0.2, 0) is 0 Å². The molecule has 0 aliphatic heterocycles. The van der Waals surface area contributed by atoms with E-state index in [1.807, 2.05) is 13.8 Å². The Labute approximate surface area is 167 Å². The van der Waals surface area contributed by atoms with Crippen LogP contribution in [0.3, 0.4) is 0 Å². The first-order valence-electron chi connectivity index (χ1n) is 9.52. The number of hydrogen-bond donors (Lipinski definition) is 1. The number of rotatable bonds is 8. The molecule has 0 aromatic heterocycles. The Bertz CT molecular complexity index is 839. The zero-order valence-corrected chi connectivity index (χ0v) is 17.6. The Balaban J connectivity index is 2.26. The van der Waals surface area contributed by atoms with E-state index in [1.165, 1.54) is 19.8 Å². The third-order valence-electron chi connectivity index (χ3n) is 5.23. The molecule has 0 saturated carbocycles. The van der Waals surface area contributed by atoms with Gasteiger partial charge in [0, 0.05) is 22.3 Å². The van der Waals surface area contributed by atoms with E-state index in [0.717, 1.165) is 6.42 Å². The van der Waals surface area contributed by atoms with Crippen molar-refractivity contribution in [3.8, 4) is 11.5 Å². The fraction of sp³-hybridized carbons (Fsp3) is 0.478. The van der Waals surface area contributed by atoms with Crippen LogP contribution >= 0.6 is 0 Å². The van der Waals surface area contributed by atoms with Crippen LogP contribution < -0.4 is 9.47 Å². The van der Waals surface area contributed by atoms with Crippen LogP contribution in [0.15, 0.2) is 34.9 Å². The summed E-state index contributed by atoms with van der Waals surface area (Å²) in [6, 6.07) is 3.12. The molecule has 0 heterocycles. The van der Waals surface area contributed by atoms with Crippen LogP contribution in [0.25, 0.3) is 0 Å². The van der Waals surface area contributed by atoms with Crippen molar-refractivity contribution in [2.24, 2.45) is 0 Å². The number of Topliss-reactive ketones (excluding diaryl/α,β-unsaturated/α-hetero) is 2. The SMILES string of the molecule is COc1cc2c(cc1OC)C(=O)C(CCC(C)(O)CCC=C(C)C)=C(C)C2=O. The zero-order valence-electron chi connectivity index (χ0n) is 17.6. The normalized spacial score (nSPS) is 15.8. The fourth-order valence-electron chi connectivity index (χ4n) is 3.42. The minimum absolute atomic E-state index is 0.185. The fourth-order valence-corrected chi connectivity index (χ4v) is 3.42. The molecule has 5 nitrogen and oxygen atoms in total. The van der Waals surface area contributed by atoms with Gasteiger partial charge in [0.15, 0.2) is 23.1 Å². The predicted octanol–water partition coefficient (Wildman–Crippen LogP) is 4.68. The van der Waals surface area contributed by atoms with Crippen molar-refractivity contribution < 1.29 is 24.2 Å². The summed E-state index contributed by atoms with van der Waals surface area (Å²) in [6.45, 7) is 7.50. The second kappa shape index (κ2) is 8.74. The second-order valence-corrected chi connectivity index (χ2v) is 7.83. The molecular weight excluding hydrogens is 356 g/mol. The molecule has 1 N–H and O–H groups in total. The maximum atomic E-state index is 13.1. The lowest BCUT2D eigenvalue weighted by atomic mass is 9.80. The number of fused-ring (bicyclic) bond motifs is 1. The number of ether oxygens (including phenoxy) is 2. The van der Waals surface area contributed by atoms with Crippen LogP contribution in [0, 0.1) is 0 Å². The summed E-state index contributed by atoms with van der Waals surface area (Å²) in [5.41, 5.74) is 1.87. The van der Waals surface area contributed by atoms with Crippen LogP contribution in [-0.4, -0.2) is 36.5 Å². The minimum Gasteiger partial charge on any atom is -0.493 e. The number of carbonyl (C=O) groups excluding carboxylic acids is 2. The number of aliphatic hydroxyl groups is 1. The molecular formula is C23H30O5. The molecule has 152 valence electrons. The number of carbonyl (C=O) groups is 2. The number of ketones is 2. The summed E-state index contributed by atoms with van der Waals surface area (Å²) >= 11 is 0. The molecule has 0 bridgehead atoms. The third kappa shape index (κ3) is 4.71. The van der Waals surface area contributed by atoms with E-state index in [-0.39, 0.29) is 11.6 Å². The topological polar surface area (TPSA) is 72.8 Å². The summed E-state index contributed by atoms with van der Waals surface area (Å²) in [6.07, 6.45) is 4.24. The van der Waals surface area contributed by atoms with Crippen molar-refractivity contribution in [2.75, 3.05) is 14.2 Å². The van der Waals surface area contributed by atoms with Crippen molar-refractivity contribution in [3.05, 3.63) is 46.1 Å². The number of benzene rings is 1. The van der Waals surface area contributed by atoms with Crippen molar-refractivity contribution in [1.82, 2.24) is 0 Å². The van der Waals surface area contributed by atoms with Crippen molar-refractivity contribution in [2.45, 2.75) is 59.0 Å². The standard InChI is InChI=1S/C23H30O5/c1-14(2)8-7-10-23(4,26)11-9-16-15(3)21(24)17-12-19(27-5)20(28-6)13-18(17)22(16)25/h8,12-13,26H,7,9-11H2,1-6H3. The van der Waals surface area contributed by atoms with Gasteiger partial charge in [-0.3, -0.25) is 9.59 Å². The number of hydrogen-bond acceptors (Lipinski definition) is 5. The summed E-state index contributed by atoms with van der Waals surface area (Å²) in [7, 11) is 2.98. The molecule has 5 heteroatoms. The highest BCUT2D eigenvalue weighted by Gasteiger charge is 2.32. The van der Waals surface area contributed by atoms with Gasteiger partial charge in [0.1, 0.15) is 0 Å². The maximum absolute atomic E-state index is 13.1. The Morgan fingerprint density at radius 1 is 1.04 bits per heavy atom. The Hall–Kier alpha value is -2.40. The van der Waals surface area contributed by atoms with E-state index in [1.54, 1.807) is 26.0 Å². The molecule has 28 heavy (non-hydrogen) atoms. The van der Waals surface area contributed by atoms with Gasteiger partial charge in [0.2, 0.25) is 0 Å². The Morgan fingerprint density at radius 3 is 2.07 bits per heavy atom. The molecule has 1 aromatic rings. The summed E-state index contributed by atoms with van der Waals surface area (Å²) in [5.74, 6) is 0.457. The van der Waals surface area contributed by atoms with Gasteiger partial charge in [-0.25, -0.2) is 0 Å². The van der Waals surface area contributed by atoms with E-state index in [4.69, 9.17) is 9.47 Å². The highest BCUT2D eigenvalue weighted by molar-refractivity contribution is 6.27. The van der Waals surface area contributed by atoms with E-state index in [0.29, 0.717) is 53.0 Å². The quantitative estimate of drug-likeness (QED) is 0.657. The van der Waals surface area contributed by atoms with Gasteiger partial charge in [0.25, 0.3) is 0 Å². The highest BCUT2D eigenvalue weighted by atomic mass is 16.5. The molecule has 1 aliphatic carbocycles. The molecule has 0 fully saturated rings. The van der Waals surface area contributed by atoms with Crippen molar-refractivity contribution in [3.63, 3.8) is 0 Å². The van der Waals surface area contributed by atoms with Gasteiger partial charge in [0.05, 0.1) is 19.8 Å². The van der Waals surface area contributed by atoms with Gasteiger partial charge in [-0.2, -0.15) is 0 Å². The minimum atomic E-state index is -0.902. The van der Waals surface area contributed by atoms with E-state index in [9.17, 15) is 14.7 Å². The van der Waals surface area contributed by atoms with Crippen LogP contribution in [0.4, 0.5) is 0 Å². The first kappa shape index (κ1) is 21.9. The number of allylic oxidation sites excluding steroid dienone is 4. The smallest absolute Gasteiger partial charge is 0.190 e. The summed E-state index contributed by atoms with van der Waals surface area (Å²) in [4.78, 5) is 25.9. The average Bonchev–Trinajstić information content (AvgIpc) is 2.64. The van der Waals surface area contributed by atoms with Crippen molar-refractivity contribution in [1.29, 1.82) is 0 Å². The van der Waals surface area contributed by atoms with E-state index >= 15 is 0 Å². The van der Waals surface area contributed by atoms with E-state index < -0.39 is 5.60 Å². The van der Waals surface area contributed by atoms with Gasteiger partial charge in [-0.05, 0) is 65.5 Å². The third-order valence-corrected chi connectivity index (χ3v) is 5.23. The molecule has 0 spiro atoms. The molecule has 1 atom stereocenters. The van der Waals surface area contributed by atoms with Crippen molar-refractivity contribution >= 4 is 11.6 Å². The van der Waals surface area contributed by atoms with E-state index in [2.05, 4.69) is 6.08 Å². The molecule has 1 unspecified atom stereocenters. The molecule has 1 aliphatic rings. The molecule has 1 aromatic carbocycles. The first-order chi connectivity index (χ1) is 13.1. The molecule has 2 rings (SSSR count). The van der Waals surface area contributed by atoms with Gasteiger partial charge in [-0.15, -0.1) is 0 Å². The molecule has 0 amide bonds. The monoisotopic (exact) mass is 386 g/mol. The van der Waals surface area contributed by atoms with Crippen LogP contribution in [0.1, 0.15) is 74.1 Å². The molecule has 0 radical (unpaired) electrons. The lowest BCUT2D eigenvalue weighted by Gasteiger charge is -2.26. The molecule has 0 saturated heterocycles. The lowest BCUT2D eigenvalue weighted by Crippen LogP contribution is -2.27. The van der Waals surface area contributed by atoms with Gasteiger partial charge < -0.3 is 14.6 Å². The Morgan fingerprint density at radius 2 is 1.57 bits per heavy atom. The average molecular weight is 386 g/mol. The van der Waals surface area contributed by atoms with Gasteiger partial charge in [-0.1, -0.05) is 11.6 Å². The largest absolute Gasteiger partial charge is 0.493 e. The predicted molar refractivity (Wildman–Crippen MR) is 109 cm³/mol. The van der Waals surface area contributed by atoms with Crippen LogP contribution in [0.5, 0.6) is 11.5 Å². The second-order valence-electron chi connectivity index (χ2n) is 7.83. The van der Waals surface area contributed by atoms with Gasteiger partial charge >= 0.3 is 0 Å². The van der Waals surface area contributed by atoms with Crippen LogP contribution in [0.2, 0.25) is 0 Å². The maximum Gasteiger partial charge on any atom is 0.190 e. The Kier molecular flexibility index (Phi) is 6.83. The summed E-state index contributed by atoms with van der Waals surface area (Å²) < 4.78 is 10.5.